The number of aliphatic hydroxyl groups excluding tert-OH is 16. The van der Waals surface area contributed by atoms with Crippen LogP contribution in [0.2, 0.25) is 0 Å². The number of nitrogens with two attached hydrogens (primary N) is 5. The van der Waals surface area contributed by atoms with Gasteiger partial charge in [0.05, 0.1) is 87.7 Å². The Labute approximate surface area is 530 Å². The van der Waals surface area contributed by atoms with Crippen LogP contribution in [0.4, 0.5) is 0 Å². The van der Waals surface area contributed by atoms with Crippen molar-refractivity contribution in [2.24, 2.45) is 44.0 Å². The number of nitrogens with one attached hydrogen (secondary N) is 2. The van der Waals surface area contributed by atoms with Crippen molar-refractivity contribution in [2.75, 3.05) is 39.5 Å². The molecule has 0 aromatic carbocycles. The minimum absolute atomic E-state index is 0.0228. The SMILES string of the molecule is NC[C@@H]1O[C@H](O[C@@H]2C(O)[C@H](O[C@@H]3C(O)[C@H](N)CC(N)[C@H]3O[C@H]3OC(CO)[C@@H](O)[C@H](O)C3N)O[C@@H]2CO)C(N)C(O)[C@@H]1O.[N-]=[N+]=N.[N-]=[N+]=N.[N-]=[N+]=NC[C@@H]1O[C@H](O[C@@H]2C(O)[C@H](O[C@@H]3C(O)CCC(N=[N+]=[N-])[C@H]3O[C@H]3OC(CO)[C@@H](O)[C@H](O)C3N=[N+]=[N-])O[C@@H]2CO)CC(O)[C@@H]1O. The molecule has 8 rings (SSSR count). The van der Waals surface area contributed by atoms with E-state index in [-0.39, 0.29) is 38.8 Å². The molecule has 0 bridgehead atoms. The summed E-state index contributed by atoms with van der Waals surface area (Å²) in [6.07, 6.45) is -42.2. The fourth-order valence-corrected chi connectivity index (χ4v) is 11.6. The van der Waals surface area contributed by atoms with Crippen LogP contribution in [0.5, 0.6) is 0 Å². The lowest BCUT2D eigenvalue weighted by molar-refractivity contribution is -0.310. The van der Waals surface area contributed by atoms with Crippen molar-refractivity contribution in [1.29, 1.82) is 11.1 Å². The normalized spacial score (nSPS) is 46.7. The van der Waals surface area contributed by atoms with E-state index >= 15 is 0 Å². The van der Waals surface area contributed by atoms with Crippen molar-refractivity contribution >= 4 is 0 Å². The van der Waals surface area contributed by atoms with Crippen LogP contribution in [-0.4, -0.2) is 342 Å². The molecule has 6 heterocycles. The molecule has 8 aliphatic rings. The number of azide groups is 3. The Morgan fingerprint density at radius 2 is 0.851 bits per heavy atom. The van der Waals surface area contributed by atoms with Crippen LogP contribution in [0.1, 0.15) is 25.7 Å². The Morgan fingerprint density at radius 1 is 0.404 bits per heavy atom. The van der Waals surface area contributed by atoms with E-state index in [0.29, 0.717) is 0 Å². The van der Waals surface area contributed by atoms with Gasteiger partial charge in [-0.2, -0.15) is 0 Å². The van der Waals surface area contributed by atoms with Crippen LogP contribution in [0.3, 0.4) is 0 Å². The van der Waals surface area contributed by atoms with Crippen molar-refractivity contribution < 1.29 is 139 Å². The molecule has 6 aliphatic heterocycles. The topological polar surface area (TPSA) is 831 Å². The largest absolute Gasteiger partial charge is 0.394 e. The maximum atomic E-state index is 11.1. The molecular formula is C46H84N20O28. The Bertz CT molecular complexity index is 2520. The lowest BCUT2D eigenvalue weighted by atomic mass is 9.84. The molecule has 0 amide bonds. The van der Waals surface area contributed by atoms with Gasteiger partial charge in [-0.1, -0.05) is 15.3 Å². The average molecular weight is 1370 g/mol. The van der Waals surface area contributed by atoms with Gasteiger partial charge in [0.2, 0.25) is 0 Å². The van der Waals surface area contributed by atoms with E-state index in [4.69, 9.17) is 119 Å². The summed E-state index contributed by atoms with van der Waals surface area (Å²) in [5.74, 6) is 0. The van der Waals surface area contributed by atoms with Crippen molar-refractivity contribution in [3.8, 4) is 0 Å². The minimum Gasteiger partial charge on any atom is -0.394 e. The van der Waals surface area contributed by atoms with Crippen LogP contribution in [0.25, 0.3) is 52.2 Å². The summed E-state index contributed by atoms with van der Waals surface area (Å²) >= 11 is 0. The standard InChI is InChI=1S/C23H37N9O14.C23H45N5O14.2HN3/c24-30-27-4-10-15(37)9(36)3-13(41-10)44-21-12(6-34)43-23(18(21)40)46-20-8(35)2-1-7(28-31-25)19(20)45-22-14(29-32-26)17(39)16(38)11(5-33)42-22;24-2-7-13(32)15(34)10(27)21(37-7)41-19-9(4-30)39-23(17(19)36)42-20-12(31)5(25)1-6(26)18(20)40-22-11(28)16(35)14(33)8(3-29)38-22;2*1-3-2/h7-23,33-40H,1-6H2;5-23,29-36H,1-4,24-28H2;2*1H/t7?,8?,9?,10-,11?,12+,13+,14?,15-,16+,17+,18?,19+,20+,21-,22+,23-;5-,6?,7+,8?,9-,10?,11?,12?,13-,14-,15?,16-,17?,18-,19+,20-,21-,22-,23+;;/m01../s1. The highest BCUT2D eigenvalue weighted by Crippen LogP contribution is 2.38. The van der Waals surface area contributed by atoms with Gasteiger partial charge in [0, 0.05) is 39.8 Å². The first-order valence-electron chi connectivity index (χ1n) is 29.0. The molecule has 0 aromatic heterocycles. The van der Waals surface area contributed by atoms with E-state index < -0.39 is 247 Å². The predicted octanol–water partition coefficient (Wildman–Crippen LogP) is -9.79. The van der Waals surface area contributed by atoms with Gasteiger partial charge >= 0.3 is 0 Å². The molecule has 48 nitrogen and oxygen atoms in total. The Hall–Kier alpha value is -4.77. The average Bonchev–Trinajstić information content (AvgIpc) is 1.41. The van der Waals surface area contributed by atoms with Crippen LogP contribution in [-0.2, 0) is 56.8 Å². The summed E-state index contributed by atoms with van der Waals surface area (Å²) < 4.78 is 68.9. The number of rotatable bonds is 21. The molecule has 13 unspecified atom stereocenters. The summed E-state index contributed by atoms with van der Waals surface area (Å²) in [5.41, 5.74) is 81.2. The third-order valence-electron chi connectivity index (χ3n) is 16.6. The van der Waals surface area contributed by atoms with Crippen molar-refractivity contribution in [2.45, 2.75) is 246 Å². The second kappa shape index (κ2) is 37.8. The van der Waals surface area contributed by atoms with Gasteiger partial charge in [-0.25, -0.2) is 0 Å². The number of hydrogen-bond acceptors (Lipinski definition) is 38. The molecule has 0 aromatic rings. The molecule has 2 saturated carbocycles. The Balaban J connectivity index is 0.000000315. The molecule has 28 N–H and O–H groups in total. The van der Waals surface area contributed by atoms with Gasteiger partial charge in [-0.15, -0.1) is 11.1 Å². The molecule has 2 aliphatic carbocycles. The van der Waals surface area contributed by atoms with Crippen molar-refractivity contribution in [3.05, 3.63) is 52.2 Å². The van der Waals surface area contributed by atoms with E-state index in [0.717, 1.165) is 0 Å². The van der Waals surface area contributed by atoms with Gasteiger partial charge < -0.3 is 167 Å². The highest BCUT2D eigenvalue weighted by Gasteiger charge is 2.57. The fraction of sp³-hybridized carbons (Fsp3) is 1.00. The first-order valence-corrected chi connectivity index (χ1v) is 29.0. The third kappa shape index (κ3) is 19.1. The first-order chi connectivity index (χ1) is 44.7. The second-order valence-electron chi connectivity index (χ2n) is 22.5. The lowest BCUT2D eigenvalue weighted by Crippen LogP contribution is -2.68. The molecule has 6 saturated heterocycles. The van der Waals surface area contributed by atoms with E-state index in [9.17, 15) is 87.2 Å². The van der Waals surface area contributed by atoms with Gasteiger partial charge in [0.25, 0.3) is 0 Å². The van der Waals surface area contributed by atoms with Crippen molar-refractivity contribution in [1.82, 2.24) is 0 Å². The van der Waals surface area contributed by atoms with Gasteiger partial charge in [0.15, 0.2) is 37.7 Å². The number of nitrogens with zero attached hydrogens (tertiary/aromatic N) is 13. The minimum atomic E-state index is -1.74. The maximum absolute atomic E-state index is 11.1. The van der Waals surface area contributed by atoms with Crippen LogP contribution < -0.4 is 28.7 Å². The molecule has 94 heavy (non-hydrogen) atoms. The molecular weight excluding hydrogens is 1280 g/mol. The zero-order chi connectivity index (χ0) is 70.0. The Morgan fingerprint density at radius 3 is 1.36 bits per heavy atom. The Kier molecular flexibility index (Phi) is 32.2. The zero-order valence-electron chi connectivity index (χ0n) is 49.6. The van der Waals surface area contributed by atoms with Gasteiger partial charge in [0.1, 0.15) is 116 Å². The highest BCUT2D eigenvalue weighted by molar-refractivity contribution is 5.04. The predicted molar refractivity (Wildman–Crippen MR) is 300 cm³/mol. The lowest BCUT2D eigenvalue weighted by Gasteiger charge is -2.47. The molecule has 536 valence electrons. The smallest absolute Gasteiger partial charge is 0.187 e. The summed E-state index contributed by atoms with van der Waals surface area (Å²) in [4.78, 5) is 11.5. The van der Waals surface area contributed by atoms with Crippen LogP contribution >= 0.6 is 0 Å². The number of ether oxygens (including phenoxy) is 12. The summed E-state index contributed by atoms with van der Waals surface area (Å²) in [6.45, 7) is -3.27. The first kappa shape index (κ1) is 79.9. The summed E-state index contributed by atoms with van der Waals surface area (Å²) in [7, 11) is 0. The van der Waals surface area contributed by atoms with Crippen molar-refractivity contribution in [3.63, 3.8) is 0 Å². The van der Waals surface area contributed by atoms with Crippen LogP contribution in [0.15, 0.2) is 15.3 Å². The maximum Gasteiger partial charge on any atom is 0.187 e. The van der Waals surface area contributed by atoms with Crippen LogP contribution in [0, 0.1) is 11.1 Å². The molecule has 0 radical (unpaired) electrons. The summed E-state index contributed by atoms with van der Waals surface area (Å²) in [5, 5.41) is 176. The molecule has 8 fully saturated rings. The fourth-order valence-electron chi connectivity index (χ4n) is 11.6. The highest BCUT2D eigenvalue weighted by atomic mass is 16.8. The number of hydrogen-bond donors (Lipinski definition) is 23. The van der Waals surface area contributed by atoms with Gasteiger partial charge in [-0.3, -0.25) is 0 Å². The second-order valence-corrected chi connectivity index (χ2v) is 22.5. The van der Waals surface area contributed by atoms with E-state index in [1.54, 1.807) is 9.82 Å². The monoisotopic (exact) mass is 1360 g/mol. The van der Waals surface area contributed by atoms with E-state index in [2.05, 4.69) is 30.1 Å². The summed E-state index contributed by atoms with van der Waals surface area (Å²) in [6, 6.07) is -6.89. The quantitative estimate of drug-likeness (QED) is 0.0288. The zero-order valence-corrected chi connectivity index (χ0v) is 49.6. The van der Waals surface area contributed by atoms with E-state index in [1.165, 1.54) is 0 Å². The van der Waals surface area contributed by atoms with E-state index in [1.807, 2.05) is 0 Å². The number of aliphatic hydroxyl groups is 16. The van der Waals surface area contributed by atoms with Gasteiger partial charge in [-0.05, 0) is 56.7 Å². The molecule has 0 spiro atoms. The molecule has 48 heteroatoms. The third-order valence-corrected chi connectivity index (χ3v) is 16.6. The molecule has 36 atom stereocenters.